The van der Waals surface area contributed by atoms with Crippen molar-refractivity contribution in [3.8, 4) is 5.75 Å². The molecule has 0 fully saturated rings. The van der Waals surface area contributed by atoms with Crippen LogP contribution in [0.25, 0.3) is 0 Å². The Balaban J connectivity index is 3.15. The lowest BCUT2D eigenvalue weighted by molar-refractivity contribution is 0.0527. The molecule has 1 aromatic rings. The van der Waals surface area contributed by atoms with Gasteiger partial charge in [0, 0.05) is 0 Å². The second kappa shape index (κ2) is 5.61. The highest BCUT2D eigenvalue weighted by atomic mass is 35.5. The van der Waals surface area contributed by atoms with Crippen LogP contribution in [0, 0.1) is 0 Å². The predicted octanol–water partition coefficient (Wildman–Crippen LogP) is 2.50. The Bertz CT molecular complexity index is 393. The molecule has 2 N–H and O–H groups in total. The van der Waals surface area contributed by atoms with Gasteiger partial charge in [0.1, 0.15) is 11.3 Å². The van der Waals surface area contributed by atoms with Gasteiger partial charge in [-0.25, -0.2) is 4.79 Å². The maximum Gasteiger partial charge on any atom is 0.341 e. The fraction of sp³-hybridized carbons (Fsp3) is 0.364. The number of anilines is 1. The Labute approximate surface area is 99.3 Å². The molecule has 0 bridgehead atoms. The molecule has 0 unspecified atom stereocenters. The zero-order chi connectivity index (χ0) is 12.1. The molecule has 0 aliphatic rings. The van der Waals surface area contributed by atoms with Crippen LogP contribution >= 0.6 is 11.6 Å². The van der Waals surface area contributed by atoms with Crippen molar-refractivity contribution in [3.05, 3.63) is 22.7 Å². The minimum Gasteiger partial charge on any atom is -0.492 e. The van der Waals surface area contributed by atoms with E-state index in [0.717, 1.165) is 0 Å². The number of esters is 1. The van der Waals surface area contributed by atoms with Gasteiger partial charge in [0.25, 0.3) is 0 Å². The van der Waals surface area contributed by atoms with Crippen LogP contribution in [0.3, 0.4) is 0 Å². The number of carbonyl (C=O) groups excluding carboxylic acids is 1. The third kappa shape index (κ3) is 2.58. The summed E-state index contributed by atoms with van der Waals surface area (Å²) in [5.74, 6) is -0.0958. The molecule has 5 heteroatoms. The van der Waals surface area contributed by atoms with Gasteiger partial charge in [0.05, 0.1) is 23.9 Å². The molecule has 4 nitrogen and oxygen atoms in total. The molecular formula is C11H14ClNO3. The maximum atomic E-state index is 11.6. The van der Waals surface area contributed by atoms with Crippen molar-refractivity contribution in [2.75, 3.05) is 18.9 Å². The molecule has 0 atom stereocenters. The van der Waals surface area contributed by atoms with E-state index < -0.39 is 5.97 Å². The molecule has 0 aliphatic heterocycles. The van der Waals surface area contributed by atoms with Crippen molar-refractivity contribution in [1.29, 1.82) is 0 Å². The van der Waals surface area contributed by atoms with Gasteiger partial charge in [-0.15, -0.1) is 0 Å². The number of hydrogen-bond donors (Lipinski definition) is 1. The first-order valence-electron chi connectivity index (χ1n) is 4.99. The summed E-state index contributed by atoms with van der Waals surface area (Å²) in [5, 5.41) is 0.263. The lowest BCUT2D eigenvalue weighted by Gasteiger charge is -2.11. The molecule has 1 rings (SSSR count). The van der Waals surface area contributed by atoms with E-state index >= 15 is 0 Å². The standard InChI is InChI=1S/C11H14ClNO3/c1-3-15-8-6-5-7(12)9(10(8)13)11(14)16-4-2/h5-6H,3-4,13H2,1-2H3. The number of halogens is 1. The molecule has 1 aromatic carbocycles. The predicted molar refractivity (Wildman–Crippen MR) is 63.0 cm³/mol. The molecule has 0 saturated heterocycles. The quantitative estimate of drug-likeness (QED) is 0.652. The van der Waals surface area contributed by atoms with Crippen LogP contribution in [0.5, 0.6) is 5.75 Å². The van der Waals surface area contributed by atoms with Crippen LogP contribution in [0.1, 0.15) is 24.2 Å². The fourth-order valence-corrected chi connectivity index (χ4v) is 1.51. The maximum absolute atomic E-state index is 11.6. The number of hydrogen-bond acceptors (Lipinski definition) is 4. The number of nitrogens with two attached hydrogens (primary N) is 1. The van der Waals surface area contributed by atoms with E-state index in [4.69, 9.17) is 26.8 Å². The summed E-state index contributed by atoms with van der Waals surface area (Å²) in [6, 6.07) is 3.19. The zero-order valence-corrected chi connectivity index (χ0v) is 10.0. The average molecular weight is 244 g/mol. The summed E-state index contributed by atoms with van der Waals surface area (Å²) in [6.07, 6.45) is 0. The molecule has 0 saturated carbocycles. The first-order valence-corrected chi connectivity index (χ1v) is 5.37. The lowest BCUT2D eigenvalue weighted by atomic mass is 10.1. The number of ether oxygens (including phenoxy) is 2. The lowest BCUT2D eigenvalue weighted by Crippen LogP contribution is -2.10. The number of rotatable bonds is 4. The van der Waals surface area contributed by atoms with E-state index in [-0.39, 0.29) is 22.9 Å². The van der Waals surface area contributed by atoms with Crippen LogP contribution in [0.15, 0.2) is 12.1 Å². The van der Waals surface area contributed by atoms with Crippen LogP contribution in [0.4, 0.5) is 5.69 Å². The molecule has 0 aliphatic carbocycles. The van der Waals surface area contributed by atoms with Gasteiger partial charge in [0.2, 0.25) is 0 Å². The second-order valence-electron chi connectivity index (χ2n) is 2.99. The van der Waals surface area contributed by atoms with Crippen LogP contribution < -0.4 is 10.5 Å². The molecule has 0 heterocycles. The Kier molecular flexibility index (Phi) is 4.43. The highest BCUT2D eigenvalue weighted by Gasteiger charge is 2.18. The Morgan fingerprint density at radius 3 is 2.62 bits per heavy atom. The topological polar surface area (TPSA) is 61.5 Å². The van der Waals surface area contributed by atoms with Crippen molar-refractivity contribution in [2.45, 2.75) is 13.8 Å². The number of nitrogen functional groups attached to an aromatic ring is 1. The van der Waals surface area contributed by atoms with Crippen molar-refractivity contribution in [1.82, 2.24) is 0 Å². The largest absolute Gasteiger partial charge is 0.492 e. The van der Waals surface area contributed by atoms with Crippen molar-refractivity contribution in [2.24, 2.45) is 0 Å². The molecule has 0 aromatic heterocycles. The molecule has 0 radical (unpaired) electrons. The van der Waals surface area contributed by atoms with E-state index in [1.807, 2.05) is 6.92 Å². The Morgan fingerprint density at radius 1 is 1.38 bits per heavy atom. The van der Waals surface area contributed by atoms with Crippen LogP contribution in [-0.4, -0.2) is 19.2 Å². The van der Waals surface area contributed by atoms with Crippen LogP contribution in [0.2, 0.25) is 5.02 Å². The summed E-state index contributed by atoms with van der Waals surface area (Å²) in [5.41, 5.74) is 6.17. The summed E-state index contributed by atoms with van der Waals surface area (Å²) >= 11 is 5.90. The summed E-state index contributed by atoms with van der Waals surface area (Å²) in [6.45, 7) is 4.29. The van der Waals surface area contributed by atoms with Gasteiger partial charge in [-0.2, -0.15) is 0 Å². The first-order chi connectivity index (χ1) is 7.61. The molecule has 16 heavy (non-hydrogen) atoms. The fourth-order valence-electron chi connectivity index (χ4n) is 1.27. The first kappa shape index (κ1) is 12.6. The van der Waals surface area contributed by atoms with E-state index in [2.05, 4.69) is 0 Å². The molecule has 88 valence electrons. The molecule has 0 spiro atoms. The monoisotopic (exact) mass is 243 g/mol. The van der Waals surface area contributed by atoms with Gasteiger partial charge in [0.15, 0.2) is 0 Å². The smallest absolute Gasteiger partial charge is 0.341 e. The van der Waals surface area contributed by atoms with Crippen molar-refractivity contribution in [3.63, 3.8) is 0 Å². The average Bonchev–Trinajstić information content (AvgIpc) is 2.23. The van der Waals surface area contributed by atoms with Gasteiger partial charge in [-0.05, 0) is 26.0 Å². The van der Waals surface area contributed by atoms with E-state index in [1.165, 1.54) is 0 Å². The van der Waals surface area contributed by atoms with E-state index in [0.29, 0.717) is 12.4 Å². The summed E-state index contributed by atoms with van der Waals surface area (Å²) in [7, 11) is 0. The van der Waals surface area contributed by atoms with Crippen molar-refractivity contribution >= 4 is 23.3 Å². The van der Waals surface area contributed by atoms with Crippen LogP contribution in [-0.2, 0) is 4.74 Å². The molecule has 0 amide bonds. The molecular weight excluding hydrogens is 230 g/mol. The van der Waals surface area contributed by atoms with E-state index in [9.17, 15) is 4.79 Å². The number of carbonyl (C=O) groups is 1. The highest BCUT2D eigenvalue weighted by Crippen LogP contribution is 2.31. The normalized spacial score (nSPS) is 9.94. The van der Waals surface area contributed by atoms with Gasteiger partial charge < -0.3 is 15.2 Å². The summed E-state index contributed by atoms with van der Waals surface area (Å²) in [4.78, 5) is 11.6. The van der Waals surface area contributed by atoms with E-state index in [1.54, 1.807) is 19.1 Å². The highest BCUT2D eigenvalue weighted by molar-refractivity contribution is 6.34. The third-order valence-corrected chi connectivity index (χ3v) is 2.25. The number of benzene rings is 1. The summed E-state index contributed by atoms with van der Waals surface area (Å²) < 4.78 is 10.1. The SMILES string of the molecule is CCOC(=O)c1c(Cl)ccc(OCC)c1N. The van der Waals surface area contributed by atoms with Gasteiger partial charge in [-0.3, -0.25) is 0 Å². The van der Waals surface area contributed by atoms with Gasteiger partial charge in [-0.1, -0.05) is 11.6 Å². The van der Waals surface area contributed by atoms with Gasteiger partial charge >= 0.3 is 5.97 Å². The Morgan fingerprint density at radius 2 is 2.06 bits per heavy atom. The van der Waals surface area contributed by atoms with Crippen molar-refractivity contribution < 1.29 is 14.3 Å². The Hall–Kier alpha value is -1.42. The third-order valence-electron chi connectivity index (χ3n) is 1.93. The zero-order valence-electron chi connectivity index (χ0n) is 9.25. The minimum atomic E-state index is -0.536. The second-order valence-corrected chi connectivity index (χ2v) is 3.39. The minimum absolute atomic E-state index is 0.162.